The van der Waals surface area contributed by atoms with Gasteiger partial charge in [0.1, 0.15) is 0 Å². The summed E-state index contributed by atoms with van der Waals surface area (Å²) in [5.41, 5.74) is 0. The number of hydrogen-bond donors (Lipinski definition) is 1. The van der Waals surface area contributed by atoms with E-state index in [0.29, 0.717) is 13.1 Å². The third kappa shape index (κ3) is 3.63. The zero-order valence-electron chi connectivity index (χ0n) is 7.49. The fourth-order valence-electron chi connectivity index (χ4n) is 1.18. The van der Waals surface area contributed by atoms with E-state index in [1.165, 1.54) is 4.90 Å². The van der Waals surface area contributed by atoms with Crippen LogP contribution in [0.2, 0.25) is 0 Å². The fourth-order valence-corrected chi connectivity index (χ4v) is 1.62. The molecule has 1 saturated heterocycles. The number of sulfonamides is 1. The molecule has 0 aromatic heterocycles. The van der Waals surface area contributed by atoms with Crippen molar-refractivity contribution in [3.63, 3.8) is 0 Å². The van der Waals surface area contributed by atoms with Crippen LogP contribution in [0.4, 0.5) is 4.79 Å². The monoisotopic (exact) mass is 205 g/mol. The number of amides is 2. The first-order valence-electron chi connectivity index (χ1n) is 4.07. The lowest BCUT2D eigenvalue weighted by molar-refractivity contribution is 0.199. The quantitative estimate of drug-likeness (QED) is 0.653. The van der Waals surface area contributed by atoms with Crippen molar-refractivity contribution in [1.82, 2.24) is 9.62 Å². The van der Waals surface area contributed by atoms with Gasteiger partial charge < -0.3 is 4.90 Å². The minimum atomic E-state index is -3.42. The van der Waals surface area contributed by atoms with Crippen molar-refractivity contribution in [2.75, 3.05) is 19.3 Å². The molecule has 0 bridgehead atoms. The first-order chi connectivity index (χ1) is 5.99. The average molecular weight is 205 g/mol. The summed E-state index contributed by atoms with van der Waals surface area (Å²) >= 11 is 0. The van der Waals surface area contributed by atoms with Crippen LogP contribution in [0.15, 0.2) is 0 Å². The largest absolute Gasteiger partial charge is 0.331 e. The van der Waals surface area contributed by atoms with Gasteiger partial charge in [0.25, 0.3) is 0 Å². The molecule has 6 heteroatoms. The van der Waals surface area contributed by atoms with E-state index >= 15 is 0 Å². The van der Waals surface area contributed by atoms with Gasteiger partial charge in [0, 0.05) is 13.1 Å². The predicted octanol–water partition coefficient (Wildman–Crippen LogP) is -0.0443. The maximum atomic E-state index is 11.2. The van der Waals surface area contributed by atoms with Crippen LogP contribution in [0.3, 0.4) is 0 Å². The average Bonchev–Trinajstić information content (AvgIpc) is 2.03. The molecule has 0 spiro atoms. The van der Waals surface area contributed by atoms with Gasteiger partial charge in [0.05, 0.1) is 6.26 Å². The van der Waals surface area contributed by atoms with Gasteiger partial charge in [-0.1, -0.05) is 0 Å². The molecular weight excluding hydrogens is 192 g/mol. The summed E-state index contributed by atoms with van der Waals surface area (Å²) in [6, 6.07) is -0.518. The number of hydrogen-bond acceptors (Lipinski definition) is 3. The Balaban J connectivity index is 2.47. The summed E-state index contributed by atoms with van der Waals surface area (Å²) in [5, 5.41) is 0. The molecule has 5 nitrogen and oxygen atoms in total. The van der Waals surface area contributed by atoms with Crippen LogP contribution >= 0.6 is 0 Å². The van der Waals surface area contributed by atoms with Crippen LogP contribution in [-0.4, -0.2) is 38.7 Å². The van der Waals surface area contributed by atoms with Crippen LogP contribution in [0, 0.1) is 6.42 Å². The number of rotatable bonds is 1. The molecule has 1 radical (unpaired) electrons. The maximum absolute atomic E-state index is 11.2. The van der Waals surface area contributed by atoms with E-state index in [4.69, 9.17) is 0 Å². The molecule has 1 aliphatic heterocycles. The van der Waals surface area contributed by atoms with Crippen molar-refractivity contribution in [3.8, 4) is 0 Å². The Kier molecular flexibility index (Phi) is 3.13. The fraction of sp³-hybridized carbons (Fsp3) is 0.714. The second kappa shape index (κ2) is 3.95. The Labute approximate surface area is 78.2 Å². The van der Waals surface area contributed by atoms with Gasteiger partial charge >= 0.3 is 6.03 Å². The molecular formula is C7H13N2O3S. The number of carbonyl (C=O) groups excluding carboxylic acids is 1. The smallest absolute Gasteiger partial charge is 0.324 e. The van der Waals surface area contributed by atoms with E-state index in [1.807, 2.05) is 4.72 Å². The second-order valence-electron chi connectivity index (χ2n) is 3.03. The van der Waals surface area contributed by atoms with Crippen molar-refractivity contribution in [2.24, 2.45) is 0 Å². The lowest BCUT2D eigenvalue weighted by Crippen LogP contribution is -2.44. The number of carbonyl (C=O) groups is 1. The van der Waals surface area contributed by atoms with E-state index in [9.17, 15) is 13.2 Å². The topological polar surface area (TPSA) is 66.5 Å². The molecule has 1 N–H and O–H groups in total. The molecule has 1 aliphatic rings. The molecule has 0 aromatic rings. The highest BCUT2D eigenvalue weighted by Crippen LogP contribution is 2.07. The van der Waals surface area contributed by atoms with Crippen LogP contribution in [0.25, 0.3) is 0 Å². The molecule has 1 fully saturated rings. The molecule has 2 amide bonds. The van der Waals surface area contributed by atoms with Crippen molar-refractivity contribution >= 4 is 16.1 Å². The number of nitrogens with one attached hydrogen (secondary N) is 1. The maximum Gasteiger partial charge on any atom is 0.331 e. The van der Waals surface area contributed by atoms with Gasteiger partial charge in [0.2, 0.25) is 10.0 Å². The Hall–Kier alpha value is -0.780. The molecule has 0 aliphatic carbocycles. The van der Waals surface area contributed by atoms with Gasteiger partial charge in [-0.3, -0.25) is 0 Å². The Morgan fingerprint density at radius 3 is 2.38 bits per heavy atom. The minimum absolute atomic E-state index is 0.518. The van der Waals surface area contributed by atoms with Crippen LogP contribution in [-0.2, 0) is 10.0 Å². The molecule has 0 unspecified atom stereocenters. The lowest BCUT2D eigenvalue weighted by atomic mass is 10.1. The molecule has 75 valence electrons. The summed E-state index contributed by atoms with van der Waals surface area (Å²) in [5.74, 6) is 0. The minimum Gasteiger partial charge on any atom is -0.324 e. The highest BCUT2D eigenvalue weighted by Gasteiger charge is 2.18. The van der Waals surface area contributed by atoms with E-state index in [0.717, 1.165) is 19.1 Å². The zero-order chi connectivity index (χ0) is 9.90. The van der Waals surface area contributed by atoms with Crippen LogP contribution in [0.5, 0.6) is 0 Å². The summed E-state index contributed by atoms with van der Waals surface area (Å²) in [7, 11) is -3.42. The first kappa shape index (κ1) is 10.3. The zero-order valence-corrected chi connectivity index (χ0v) is 8.30. The lowest BCUT2D eigenvalue weighted by Gasteiger charge is -2.25. The molecule has 0 aromatic carbocycles. The Morgan fingerprint density at radius 1 is 1.38 bits per heavy atom. The summed E-state index contributed by atoms with van der Waals surface area (Å²) in [4.78, 5) is 12.7. The van der Waals surface area contributed by atoms with Crippen LogP contribution in [0.1, 0.15) is 12.8 Å². The second-order valence-corrected chi connectivity index (χ2v) is 4.78. The van der Waals surface area contributed by atoms with E-state index in [1.54, 1.807) is 0 Å². The summed E-state index contributed by atoms with van der Waals surface area (Å²) in [6.45, 7) is 1.20. The molecule has 1 rings (SSSR count). The van der Waals surface area contributed by atoms with Crippen LogP contribution < -0.4 is 4.72 Å². The molecule has 0 saturated carbocycles. The van der Waals surface area contributed by atoms with Crippen molar-refractivity contribution in [2.45, 2.75) is 12.8 Å². The number of urea groups is 1. The van der Waals surface area contributed by atoms with E-state index < -0.39 is 16.1 Å². The third-order valence-corrected chi connectivity index (χ3v) is 2.31. The normalized spacial score (nSPS) is 18.4. The predicted molar refractivity (Wildman–Crippen MR) is 48.5 cm³/mol. The Morgan fingerprint density at radius 2 is 1.92 bits per heavy atom. The number of nitrogens with zero attached hydrogens (tertiary/aromatic N) is 1. The van der Waals surface area contributed by atoms with Gasteiger partial charge in [-0.05, 0) is 19.3 Å². The Bertz CT molecular complexity index is 280. The standard InChI is InChI=1S/C7H13N2O3S/c1-13(11,12)8-7(10)9-5-3-2-4-6-9/h2H,3-6H2,1H3,(H,8,10). The van der Waals surface area contributed by atoms with Gasteiger partial charge in [-0.15, -0.1) is 0 Å². The third-order valence-electron chi connectivity index (χ3n) is 1.77. The summed E-state index contributed by atoms with van der Waals surface area (Å²) in [6.07, 6.45) is 4.72. The molecule has 0 atom stereocenters. The highest BCUT2D eigenvalue weighted by molar-refractivity contribution is 7.89. The molecule has 1 heterocycles. The van der Waals surface area contributed by atoms with Gasteiger partial charge in [-0.2, -0.15) is 0 Å². The number of likely N-dealkylation sites (tertiary alicyclic amines) is 1. The SMILES string of the molecule is CS(=O)(=O)NC(=O)N1CC[CH]CC1. The summed E-state index contributed by atoms with van der Waals surface area (Å²) < 4.78 is 23.4. The van der Waals surface area contributed by atoms with Gasteiger partial charge in [0.15, 0.2) is 0 Å². The van der Waals surface area contributed by atoms with Crippen molar-refractivity contribution in [3.05, 3.63) is 6.42 Å². The van der Waals surface area contributed by atoms with E-state index in [2.05, 4.69) is 6.42 Å². The molecule has 13 heavy (non-hydrogen) atoms. The van der Waals surface area contributed by atoms with Crippen molar-refractivity contribution in [1.29, 1.82) is 0 Å². The van der Waals surface area contributed by atoms with Crippen molar-refractivity contribution < 1.29 is 13.2 Å². The van der Waals surface area contributed by atoms with E-state index in [-0.39, 0.29) is 0 Å². The van der Waals surface area contributed by atoms with Gasteiger partial charge in [-0.25, -0.2) is 17.9 Å². The first-order valence-corrected chi connectivity index (χ1v) is 5.96. The number of piperidine rings is 1. The highest BCUT2D eigenvalue weighted by atomic mass is 32.2.